The average molecular weight is 370 g/mol. The minimum absolute atomic E-state index is 0.0868. The van der Waals surface area contributed by atoms with Crippen LogP contribution in [0.5, 0.6) is 0 Å². The molecule has 0 saturated carbocycles. The fourth-order valence-electron chi connectivity index (χ4n) is 3.88. The molecule has 1 saturated heterocycles. The molecule has 0 aromatic heterocycles. The lowest BCUT2D eigenvalue weighted by atomic mass is 9.91. The number of aryl methyl sites for hydroxylation is 1. The minimum atomic E-state index is -3.69. The zero-order valence-electron chi connectivity index (χ0n) is 14.8. The number of carbonyl (C=O) groups excluding carboxylic acids is 1. The highest BCUT2D eigenvalue weighted by molar-refractivity contribution is 7.89. The van der Waals surface area contributed by atoms with Gasteiger partial charge >= 0.3 is 0 Å². The number of amides is 1. The van der Waals surface area contributed by atoms with E-state index in [4.69, 9.17) is 0 Å². The summed E-state index contributed by atoms with van der Waals surface area (Å²) in [6.07, 6.45) is 1.68. The number of benzene rings is 2. The van der Waals surface area contributed by atoms with Gasteiger partial charge in [0.1, 0.15) is 0 Å². The van der Waals surface area contributed by atoms with E-state index >= 15 is 0 Å². The van der Waals surface area contributed by atoms with Gasteiger partial charge in [-0.2, -0.15) is 4.31 Å². The second-order valence-corrected chi connectivity index (χ2v) is 8.78. The number of sulfonamides is 1. The van der Waals surface area contributed by atoms with Gasteiger partial charge in [0.15, 0.2) is 0 Å². The van der Waals surface area contributed by atoms with Crippen molar-refractivity contribution in [1.29, 1.82) is 0 Å². The van der Waals surface area contributed by atoms with Crippen molar-refractivity contribution in [3.63, 3.8) is 0 Å². The van der Waals surface area contributed by atoms with Crippen LogP contribution >= 0.6 is 0 Å². The highest BCUT2D eigenvalue weighted by atomic mass is 32.2. The Kier molecular flexibility index (Phi) is 4.32. The summed E-state index contributed by atoms with van der Waals surface area (Å²) < 4.78 is 27.5. The molecule has 2 aromatic carbocycles. The molecule has 2 aromatic rings. The zero-order chi connectivity index (χ0) is 18.3. The molecule has 0 N–H and O–H groups in total. The monoisotopic (exact) mass is 370 g/mol. The first-order valence-corrected chi connectivity index (χ1v) is 10.4. The standard InChI is InChI=1S/C20H22N2O3S/c1-2-15-7-9-17(10-8-15)26(24,25)21-13-19-18-6-4-3-5-16(18)11-12-22(19)20(23)14-21/h3-10,19H,2,11-14H2,1H3/t19-/m0/s1. The van der Waals surface area contributed by atoms with Crippen molar-refractivity contribution in [2.45, 2.75) is 30.7 Å². The SMILES string of the molecule is CCc1ccc(S(=O)(=O)N2CC(=O)N3CCc4ccccc4[C@@H]3C2)cc1. The van der Waals surface area contributed by atoms with E-state index in [1.165, 1.54) is 9.87 Å². The van der Waals surface area contributed by atoms with Crippen molar-refractivity contribution in [2.75, 3.05) is 19.6 Å². The Morgan fingerprint density at radius 2 is 1.81 bits per heavy atom. The predicted molar refractivity (Wildman–Crippen MR) is 99.2 cm³/mol. The number of hydrogen-bond acceptors (Lipinski definition) is 3. The van der Waals surface area contributed by atoms with Crippen molar-refractivity contribution in [2.24, 2.45) is 0 Å². The van der Waals surface area contributed by atoms with E-state index in [0.717, 1.165) is 24.0 Å². The predicted octanol–water partition coefficient (Wildman–Crippen LogP) is 2.38. The van der Waals surface area contributed by atoms with Crippen molar-refractivity contribution in [3.05, 3.63) is 65.2 Å². The van der Waals surface area contributed by atoms with Gasteiger partial charge < -0.3 is 4.90 Å². The second-order valence-electron chi connectivity index (χ2n) is 6.85. The molecule has 26 heavy (non-hydrogen) atoms. The number of rotatable bonds is 3. The van der Waals surface area contributed by atoms with Crippen molar-refractivity contribution in [1.82, 2.24) is 9.21 Å². The van der Waals surface area contributed by atoms with Gasteiger partial charge in [-0.25, -0.2) is 8.42 Å². The molecule has 6 heteroatoms. The molecule has 0 radical (unpaired) electrons. The van der Waals surface area contributed by atoms with Crippen LogP contribution in [0.3, 0.4) is 0 Å². The third-order valence-corrected chi connectivity index (χ3v) is 7.22. The maximum absolute atomic E-state index is 13.1. The van der Waals surface area contributed by atoms with E-state index in [9.17, 15) is 13.2 Å². The molecule has 2 aliphatic heterocycles. The number of hydrogen-bond donors (Lipinski definition) is 0. The van der Waals surface area contributed by atoms with E-state index in [1.54, 1.807) is 12.1 Å². The smallest absolute Gasteiger partial charge is 0.243 e. The van der Waals surface area contributed by atoms with Crippen LogP contribution in [-0.2, 0) is 27.7 Å². The van der Waals surface area contributed by atoms with Crippen molar-refractivity contribution in [3.8, 4) is 0 Å². The van der Waals surface area contributed by atoms with Gasteiger partial charge in [-0.15, -0.1) is 0 Å². The highest BCUT2D eigenvalue weighted by Crippen LogP contribution is 2.34. The van der Waals surface area contributed by atoms with Gasteiger partial charge in [0, 0.05) is 13.1 Å². The maximum atomic E-state index is 13.1. The van der Waals surface area contributed by atoms with Gasteiger partial charge in [-0.1, -0.05) is 43.3 Å². The summed E-state index contributed by atoms with van der Waals surface area (Å²) in [5.74, 6) is -0.121. The minimum Gasteiger partial charge on any atom is -0.333 e. The Morgan fingerprint density at radius 1 is 1.08 bits per heavy atom. The summed E-state index contributed by atoms with van der Waals surface area (Å²) in [6, 6.07) is 14.7. The van der Waals surface area contributed by atoms with Crippen LogP contribution in [0.4, 0.5) is 0 Å². The van der Waals surface area contributed by atoms with Gasteiger partial charge in [0.05, 0.1) is 17.5 Å². The summed E-state index contributed by atoms with van der Waals surface area (Å²) in [6.45, 7) is 2.90. The molecule has 5 nitrogen and oxygen atoms in total. The highest BCUT2D eigenvalue weighted by Gasteiger charge is 2.41. The van der Waals surface area contributed by atoms with Gasteiger partial charge in [0.2, 0.25) is 15.9 Å². The van der Waals surface area contributed by atoms with Gasteiger partial charge in [-0.05, 0) is 41.7 Å². The van der Waals surface area contributed by atoms with Gasteiger partial charge in [0.25, 0.3) is 0 Å². The Labute approximate surface area is 154 Å². The largest absolute Gasteiger partial charge is 0.333 e. The number of fused-ring (bicyclic) bond motifs is 3. The third-order valence-electron chi connectivity index (χ3n) is 5.39. The Bertz CT molecular complexity index is 938. The first kappa shape index (κ1) is 17.2. The molecule has 0 aliphatic carbocycles. The molecule has 1 amide bonds. The Balaban J connectivity index is 1.67. The lowest BCUT2D eigenvalue weighted by Gasteiger charge is -2.44. The number of piperazine rings is 1. The topological polar surface area (TPSA) is 57.7 Å². The zero-order valence-corrected chi connectivity index (χ0v) is 15.6. The number of carbonyl (C=O) groups is 1. The Hall–Kier alpha value is -2.18. The molecule has 0 spiro atoms. The van der Waals surface area contributed by atoms with E-state index in [2.05, 4.69) is 6.07 Å². The third kappa shape index (κ3) is 2.83. The summed E-state index contributed by atoms with van der Waals surface area (Å²) in [5.41, 5.74) is 3.35. The van der Waals surface area contributed by atoms with Crippen LogP contribution < -0.4 is 0 Å². The first-order valence-electron chi connectivity index (χ1n) is 8.97. The molecular weight excluding hydrogens is 348 g/mol. The van der Waals surface area contributed by atoms with E-state index < -0.39 is 10.0 Å². The normalized spacial score (nSPS) is 20.6. The van der Waals surface area contributed by atoms with E-state index in [1.807, 2.05) is 42.2 Å². The molecule has 4 rings (SSSR count). The summed E-state index contributed by atoms with van der Waals surface area (Å²) in [7, 11) is -3.69. The van der Waals surface area contributed by atoms with Crippen LogP contribution in [-0.4, -0.2) is 43.2 Å². The molecule has 0 bridgehead atoms. The maximum Gasteiger partial charge on any atom is 0.243 e. The lowest BCUT2D eigenvalue weighted by Crippen LogP contribution is -2.55. The first-order chi connectivity index (χ1) is 12.5. The summed E-state index contributed by atoms with van der Waals surface area (Å²) in [4.78, 5) is 14.7. The quantitative estimate of drug-likeness (QED) is 0.834. The summed E-state index contributed by atoms with van der Waals surface area (Å²) >= 11 is 0. The van der Waals surface area contributed by atoms with Crippen molar-refractivity contribution >= 4 is 15.9 Å². The molecule has 2 heterocycles. The van der Waals surface area contributed by atoms with Crippen LogP contribution in [0.25, 0.3) is 0 Å². The van der Waals surface area contributed by atoms with Crippen LogP contribution in [0.1, 0.15) is 29.7 Å². The molecule has 1 fully saturated rings. The second kappa shape index (κ2) is 6.52. The molecule has 1 atom stereocenters. The summed E-state index contributed by atoms with van der Waals surface area (Å²) in [5, 5.41) is 0. The van der Waals surface area contributed by atoms with Crippen LogP contribution in [0.15, 0.2) is 53.4 Å². The van der Waals surface area contributed by atoms with E-state index in [-0.39, 0.29) is 23.4 Å². The fraction of sp³-hybridized carbons (Fsp3) is 0.350. The fourth-order valence-corrected chi connectivity index (χ4v) is 5.27. The van der Waals surface area contributed by atoms with Crippen LogP contribution in [0.2, 0.25) is 0 Å². The Morgan fingerprint density at radius 3 is 2.54 bits per heavy atom. The van der Waals surface area contributed by atoms with E-state index in [0.29, 0.717) is 13.1 Å². The molecule has 0 unspecified atom stereocenters. The molecular formula is C20H22N2O3S. The molecule has 2 aliphatic rings. The van der Waals surface area contributed by atoms with Crippen LogP contribution in [0, 0.1) is 0 Å². The molecule has 136 valence electrons. The van der Waals surface area contributed by atoms with Gasteiger partial charge in [-0.3, -0.25) is 4.79 Å². The van der Waals surface area contributed by atoms with Crippen molar-refractivity contribution < 1.29 is 13.2 Å². The lowest BCUT2D eigenvalue weighted by molar-refractivity contribution is -0.138. The average Bonchev–Trinajstić information content (AvgIpc) is 2.67. The number of nitrogens with zero attached hydrogens (tertiary/aromatic N) is 2.